The van der Waals surface area contributed by atoms with E-state index in [9.17, 15) is 0 Å². The van der Waals surface area contributed by atoms with Gasteiger partial charge in [-0.15, -0.1) is 0 Å². The molecule has 1 aromatic carbocycles. The molecule has 21 heavy (non-hydrogen) atoms. The summed E-state index contributed by atoms with van der Waals surface area (Å²) >= 11 is 1.98. The van der Waals surface area contributed by atoms with Crippen LogP contribution in [-0.2, 0) is 4.74 Å². The van der Waals surface area contributed by atoms with Crippen LogP contribution in [0.4, 0.5) is 0 Å². The summed E-state index contributed by atoms with van der Waals surface area (Å²) < 4.78 is 6.03. The number of fused-ring (bicyclic) bond motifs is 1. The molecule has 0 amide bonds. The zero-order chi connectivity index (χ0) is 14.5. The van der Waals surface area contributed by atoms with E-state index in [0.29, 0.717) is 0 Å². The summed E-state index contributed by atoms with van der Waals surface area (Å²) in [7, 11) is 0. The molecule has 4 heteroatoms. The summed E-state index contributed by atoms with van der Waals surface area (Å²) in [5.74, 6) is 2.15. The number of nitrogens with one attached hydrogen (secondary N) is 1. The average Bonchev–Trinajstić information content (AvgIpc) is 2.56. The Morgan fingerprint density at radius 2 is 2.29 bits per heavy atom. The zero-order valence-electron chi connectivity index (χ0n) is 12.4. The Morgan fingerprint density at radius 3 is 3.10 bits per heavy atom. The molecule has 0 bridgehead atoms. The fourth-order valence-corrected chi connectivity index (χ4v) is 3.73. The van der Waals surface area contributed by atoms with Crippen molar-refractivity contribution >= 4 is 22.5 Å². The van der Waals surface area contributed by atoms with Gasteiger partial charge in [0, 0.05) is 29.3 Å². The minimum absolute atomic E-state index is 0.219. The number of aromatic nitrogens is 1. The Balaban J connectivity index is 1.96. The van der Waals surface area contributed by atoms with Crippen LogP contribution < -0.4 is 5.32 Å². The minimum atomic E-state index is 0.219. The third-order valence-corrected chi connectivity index (χ3v) is 4.88. The highest BCUT2D eigenvalue weighted by Gasteiger charge is 2.27. The van der Waals surface area contributed by atoms with Crippen LogP contribution in [0.15, 0.2) is 36.7 Å². The molecule has 2 aromatic rings. The van der Waals surface area contributed by atoms with E-state index in [1.807, 2.05) is 24.2 Å². The molecule has 2 unspecified atom stereocenters. The maximum atomic E-state index is 6.03. The van der Waals surface area contributed by atoms with Crippen LogP contribution in [0.5, 0.6) is 0 Å². The largest absolute Gasteiger partial charge is 0.375 e. The maximum Gasteiger partial charge on any atom is 0.0861 e. The van der Waals surface area contributed by atoms with Gasteiger partial charge in [-0.2, -0.15) is 11.8 Å². The molecule has 3 rings (SSSR count). The maximum absolute atomic E-state index is 6.03. The number of nitrogens with zero attached hydrogens (tertiary/aromatic N) is 1. The van der Waals surface area contributed by atoms with Crippen molar-refractivity contribution in [2.24, 2.45) is 0 Å². The van der Waals surface area contributed by atoms with E-state index in [1.54, 1.807) is 0 Å². The first-order valence-electron chi connectivity index (χ1n) is 7.65. The normalized spacial score (nSPS) is 20.5. The summed E-state index contributed by atoms with van der Waals surface area (Å²) in [5.41, 5.74) is 1.26. The summed E-state index contributed by atoms with van der Waals surface area (Å²) in [6.45, 7) is 4.04. The molecular weight excluding hydrogens is 280 g/mol. The third kappa shape index (κ3) is 3.39. The van der Waals surface area contributed by atoms with Crippen molar-refractivity contribution in [3.63, 3.8) is 0 Å². The number of hydrogen-bond acceptors (Lipinski definition) is 4. The summed E-state index contributed by atoms with van der Waals surface area (Å²) in [4.78, 5) is 4.43. The van der Waals surface area contributed by atoms with Gasteiger partial charge in [-0.05, 0) is 23.9 Å². The molecule has 1 aliphatic rings. The lowest BCUT2D eigenvalue weighted by Gasteiger charge is -2.31. The van der Waals surface area contributed by atoms with Crippen molar-refractivity contribution in [1.82, 2.24) is 10.3 Å². The second-order valence-corrected chi connectivity index (χ2v) is 6.52. The molecule has 1 aromatic heterocycles. The van der Waals surface area contributed by atoms with Gasteiger partial charge in [-0.1, -0.05) is 31.2 Å². The van der Waals surface area contributed by atoms with Gasteiger partial charge in [0.1, 0.15) is 0 Å². The number of ether oxygens (including phenoxy) is 1. The van der Waals surface area contributed by atoms with Gasteiger partial charge in [0.25, 0.3) is 0 Å². The lowest BCUT2D eigenvalue weighted by molar-refractivity contribution is 0.0471. The molecule has 1 aliphatic heterocycles. The highest BCUT2D eigenvalue weighted by atomic mass is 32.2. The molecule has 3 nitrogen and oxygen atoms in total. The Morgan fingerprint density at radius 1 is 1.38 bits per heavy atom. The number of benzene rings is 1. The fraction of sp³-hybridized carbons (Fsp3) is 0.471. The van der Waals surface area contributed by atoms with Crippen LogP contribution in [0.2, 0.25) is 0 Å². The Bertz CT molecular complexity index is 579. The lowest BCUT2D eigenvalue weighted by Crippen LogP contribution is -2.38. The number of rotatable bonds is 5. The smallest absolute Gasteiger partial charge is 0.0861 e. The average molecular weight is 302 g/mol. The predicted octanol–water partition coefficient (Wildman–Crippen LogP) is 3.41. The van der Waals surface area contributed by atoms with E-state index < -0.39 is 0 Å². The molecule has 0 spiro atoms. The number of thioether (sulfide) groups is 1. The van der Waals surface area contributed by atoms with E-state index in [-0.39, 0.29) is 12.1 Å². The van der Waals surface area contributed by atoms with E-state index in [1.165, 1.54) is 16.3 Å². The lowest BCUT2D eigenvalue weighted by atomic mass is 9.98. The van der Waals surface area contributed by atoms with E-state index >= 15 is 0 Å². The molecule has 0 saturated carbocycles. The Kier molecular flexibility index (Phi) is 5.12. The zero-order valence-corrected chi connectivity index (χ0v) is 13.2. The van der Waals surface area contributed by atoms with Crippen molar-refractivity contribution in [2.45, 2.75) is 25.5 Å². The molecular formula is C17H22N2OS. The van der Waals surface area contributed by atoms with Crippen LogP contribution in [0.25, 0.3) is 10.8 Å². The quantitative estimate of drug-likeness (QED) is 0.918. The van der Waals surface area contributed by atoms with Crippen molar-refractivity contribution in [3.8, 4) is 0 Å². The van der Waals surface area contributed by atoms with Crippen molar-refractivity contribution in [2.75, 3.05) is 24.7 Å². The second kappa shape index (κ2) is 7.25. The molecule has 112 valence electrons. The van der Waals surface area contributed by atoms with E-state index in [0.717, 1.165) is 31.1 Å². The van der Waals surface area contributed by atoms with Crippen molar-refractivity contribution < 1.29 is 4.74 Å². The molecule has 2 heterocycles. The van der Waals surface area contributed by atoms with Crippen LogP contribution in [0, 0.1) is 0 Å². The van der Waals surface area contributed by atoms with Gasteiger partial charge in [0.2, 0.25) is 0 Å². The third-order valence-electron chi connectivity index (χ3n) is 3.86. The highest BCUT2D eigenvalue weighted by Crippen LogP contribution is 2.30. The molecule has 1 fully saturated rings. The molecule has 1 saturated heterocycles. The van der Waals surface area contributed by atoms with Crippen LogP contribution in [-0.4, -0.2) is 35.7 Å². The molecule has 2 atom stereocenters. The predicted molar refractivity (Wildman–Crippen MR) is 89.8 cm³/mol. The first-order chi connectivity index (χ1) is 10.4. The van der Waals surface area contributed by atoms with Crippen LogP contribution in [0.3, 0.4) is 0 Å². The van der Waals surface area contributed by atoms with E-state index in [2.05, 4.69) is 41.5 Å². The fourth-order valence-electron chi connectivity index (χ4n) is 2.83. The SMILES string of the molecule is CCCNC(c1cncc2ccccc12)C1CSCCO1. The topological polar surface area (TPSA) is 34.2 Å². The van der Waals surface area contributed by atoms with Gasteiger partial charge in [-0.3, -0.25) is 4.98 Å². The van der Waals surface area contributed by atoms with E-state index in [4.69, 9.17) is 4.74 Å². The Hall–Kier alpha value is -1.10. The second-order valence-electron chi connectivity index (χ2n) is 5.37. The summed E-state index contributed by atoms with van der Waals surface area (Å²) in [6, 6.07) is 8.69. The first-order valence-corrected chi connectivity index (χ1v) is 8.81. The van der Waals surface area contributed by atoms with Crippen LogP contribution in [0.1, 0.15) is 24.9 Å². The van der Waals surface area contributed by atoms with Crippen LogP contribution >= 0.6 is 11.8 Å². The van der Waals surface area contributed by atoms with Gasteiger partial charge in [0.15, 0.2) is 0 Å². The molecule has 0 radical (unpaired) electrons. The summed E-state index contributed by atoms with van der Waals surface area (Å²) in [6.07, 6.45) is 5.28. The van der Waals surface area contributed by atoms with Crippen molar-refractivity contribution in [1.29, 1.82) is 0 Å². The van der Waals surface area contributed by atoms with Gasteiger partial charge >= 0.3 is 0 Å². The summed E-state index contributed by atoms with van der Waals surface area (Å²) in [5, 5.41) is 6.14. The van der Waals surface area contributed by atoms with Crippen molar-refractivity contribution in [3.05, 3.63) is 42.2 Å². The number of hydrogen-bond donors (Lipinski definition) is 1. The van der Waals surface area contributed by atoms with Gasteiger partial charge in [-0.25, -0.2) is 0 Å². The number of pyridine rings is 1. The Labute approximate surface area is 130 Å². The highest BCUT2D eigenvalue weighted by molar-refractivity contribution is 7.99. The van der Waals surface area contributed by atoms with Gasteiger partial charge < -0.3 is 10.1 Å². The first kappa shape index (κ1) is 14.8. The standard InChI is InChI=1S/C17H22N2OS/c1-2-7-19-17(16-12-21-9-8-20-16)15-11-18-10-13-5-3-4-6-14(13)15/h3-6,10-11,16-17,19H,2,7-9,12H2,1H3. The van der Waals surface area contributed by atoms with Gasteiger partial charge in [0.05, 0.1) is 18.8 Å². The monoisotopic (exact) mass is 302 g/mol. The molecule has 1 N–H and O–H groups in total. The molecule has 0 aliphatic carbocycles. The minimum Gasteiger partial charge on any atom is -0.375 e.